The molecule has 0 amide bonds. The molecule has 2 heterocycles. The lowest BCUT2D eigenvalue weighted by atomic mass is 10.2. The zero-order valence-corrected chi connectivity index (χ0v) is 12.1. The highest BCUT2D eigenvalue weighted by Gasteiger charge is 2.06. The minimum Gasteiger partial charge on any atom is -0.364 e. The molecule has 0 aromatic carbocycles. The Bertz CT molecular complexity index is 515. The van der Waals surface area contributed by atoms with E-state index < -0.39 is 0 Å². The summed E-state index contributed by atoms with van der Waals surface area (Å²) in [5.74, 6) is 0.941. The molecule has 0 saturated heterocycles. The van der Waals surface area contributed by atoms with E-state index in [4.69, 9.17) is 0 Å². The monoisotopic (exact) mass is 269 g/mol. The fourth-order valence-electron chi connectivity index (χ4n) is 1.86. The Morgan fingerprint density at radius 2 is 1.94 bits per heavy atom. The van der Waals surface area contributed by atoms with Gasteiger partial charge in [0.05, 0.1) is 5.69 Å². The minimum absolute atomic E-state index is 0. The molecule has 0 saturated carbocycles. The van der Waals surface area contributed by atoms with E-state index in [0.717, 1.165) is 30.2 Å². The van der Waals surface area contributed by atoms with E-state index in [2.05, 4.69) is 35.6 Å². The molecule has 2 aromatic rings. The number of hydrogen-bond acceptors (Lipinski definition) is 3. The molecule has 0 radical (unpaired) electrons. The number of hydrogen-bond donors (Lipinski definition) is 1. The topological polar surface area (TPSA) is 47.7 Å². The number of aryl methyl sites for hydroxylation is 4. The van der Waals surface area contributed by atoms with E-state index in [1.807, 2.05) is 29.5 Å². The van der Waals surface area contributed by atoms with E-state index in [0.29, 0.717) is 0 Å². The van der Waals surface area contributed by atoms with Crippen LogP contribution in [0.4, 0.5) is 5.82 Å². The van der Waals surface area contributed by atoms with Gasteiger partial charge in [0.2, 0.25) is 0 Å². The minimum atomic E-state index is 0. The molecule has 5 nitrogen and oxygen atoms in total. The highest BCUT2D eigenvalue weighted by Crippen LogP contribution is 2.13. The van der Waals surface area contributed by atoms with Gasteiger partial charge in [-0.3, -0.25) is 9.36 Å². The predicted molar refractivity (Wildman–Crippen MR) is 75.2 cm³/mol. The van der Waals surface area contributed by atoms with Crippen LogP contribution < -0.4 is 5.32 Å². The van der Waals surface area contributed by atoms with Crippen LogP contribution >= 0.6 is 12.4 Å². The van der Waals surface area contributed by atoms with Crippen LogP contribution in [-0.2, 0) is 20.1 Å². The molecular weight excluding hydrogens is 250 g/mol. The molecule has 6 heteroatoms. The van der Waals surface area contributed by atoms with Crippen LogP contribution in [0, 0.1) is 13.8 Å². The van der Waals surface area contributed by atoms with Gasteiger partial charge in [0.15, 0.2) is 5.82 Å². The number of halogens is 1. The summed E-state index contributed by atoms with van der Waals surface area (Å²) in [7, 11) is 1.93. The van der Waals surface area contributed by atoms with Crippen molar-refractivity contribution in [1.29, 1.82) is 0 Å². The van der Waals surface area contributed by atoms with Crippen LogP contribution in [-0.4, -0.2) is 19.6 Å². The third-order valence-corrected chi connectivity index (χ3v) is 2.83. The summed E-state index contributed by atoms with van der Waals surface area (Å²) in [5.41, 5.74) is 3.46. The first kappa shape index (κ1) is 14.6. The summed E-state index contributed by atoms with van der Waals surface area (Å²) in [6.45, 7) is 7.85. The van der Waals surface area contributed by atoms with Crippen molar-refractivity contribution in [1.82, 2.24) is 19.6 Å². The molecule has 2 rings (SSSR count). The van der Waals surface area contributed by atoms with Gasteiger partial charge in [-0.1, -0.05) is 0 Å². The van der Waals surface area contributed by atoms with Gasteiger partial charge in [-0.2, -0.15) is 10.2 Å². The van der Waals surface area contributed by atoms with Gasteiger partial charge in [-0.15, -0.1) is 12.4 Å². The first-order valence-corrected chi connectivity index (χ1v) is 5.87. The van der Waals surface area contributed by atoms with Crippen molar-refractivity contribution in [3.63, 3.8) is 0 Å². The lowest BCUT2D eigenvalue weighted by Crippen LogP contribution is -2.02. The molecule has 0 aliphatic rings. The number of nitrogens with zero attached hydrogens (tertiary/aromatic N) is 4. The summed E-state index contributed by atoms with van der Waals surface area (Å²) < 4.78 is 3.78. The van der Waals surface area contributed by atoms with Crippen molar-refractivity contribution in [3.8, 4) is 0 Å². The Kier molecular flexibility index (Phi) is 4.78. The summed E-state index contributed by atoms with van der Waals surface area (Å²) in [6.07, 6.45) is 4.09. The van der Waals surface area contributed by atoms with E-state index in [9.17, 15) is 0 Å². The average molecular weight is 270 g/mol. The van der Waals surface area contributed by atoms with Crippen LogP contribution in [0.2, 0.25) is 0 Å². The van der Waals surface area contributed by atoms with E-state index in [1.165, 1.54) is 5.56 Å². The second-order valence-corrected chi connectivity index (χ2v) is 4.28. The van der Waals surface area contributed by atoms with Crippen molar-refractivity contribution in [3.05, 3.63) is 29.2 Å². The van der Waals surface area contributed by atoms with Crippen molar-refractivity contribution in [2.75, 3.05) is 5.32 Å². The van der Waals surface area contributed by atoms with Crippen molar-refractivity contribution in [2.45, 2.75) is 33.9 Å². The molecule has 0 bridgehead atoms. The van der Waals surface area contributed by atoms with Crippen molar-refractivity contribution >= 4 is 18.2 Å². The largest absolute Gasteiger partial charge is 0.364 e. The fraction of sp³-hybridized carbons (Fsp3) is 0.500. The number of rotatable bonds is 4. The maximum Gasteiger partial charge on any atom is 0.151 e. The van der Waals surface area contributed by atoms with E-state index in [1.54, 1.807) is 0 Å². The molecule has 2 aromatic heterocycles. The third-order valence-electron chi connectivity index (χ3n) is 2.83. The molecule has 0 atom stereocenters. The zero-order chi connectivity index (χ0) is 12.4. The third kappa shape index (κ3) is 3.04. The fourth-order valence-corrected chi connectivity index (χ4v) is 1.86. The molecule has 0 aliphatic heterocycles. The Morgan fingerprint density at radius 3 is 2.44 bits per heavy atom. The molecule has 0 unspecified atom stereocenters. The lowest BCUT2D eigenvalue weighted by molar-refractivity contribution is 0.653. The highest BCUT2D eigenvalue weighted by atomic mass is 35.5. The van der Waals surface area contributed by atoms with Gasteiger partial charge in [0.1, 0.15) is 0 Å². The summed E-state index contributed by atoms with van der Waals surface area (Å²) >= 11 is 0. The molecule has 0 fully saturated rings. The number of nitrogens with one attached hydrogen (secondary N) is 1. The van der Waals surface area contributed by atoms with Crippen LogP contribution in [0.25, 0.3) is 0 Å². The highest BCUT2D eigenvalue weighted by molar-refractivity contribution is 5.85. The molecule has 100 valence electrons. The predicted octanol–water partition coefficient (Wildman–Crippen LogP) is 2.29. The lowest BCUT2D eigenvalue weighted by Gasteiger charge is -2.02. The summed E-state index contributed by atoms with van der Waals surface area (Å²) in [5, 5.41) is 12.1. The Labute approximate surface area is 114 Å². The molecule has 0 spiro atoms. The van der Waals surface area contributed by atoms with Crippen LogP contribution in [0.15, 0.2) is 12.4 Å². The molecule has 0 aliphatic carbocycles. The van der Waals surface area contributed by atoms with Crippen LogP contribution in [0.1, 0.15) is 23.7 Å². The van der Waals surface area contributed by atoms with Gasteiger partial charge in [-0.05, 0) is 20.8 Å². The quantitative estimate of drug-likeness (QED) is 0.926. The van der Waals surface area contributed by atoms with Gasteiger partial charge in [0, 0.05) is 43.7 Å². The first-order valence-electron chi connectivity index (χ1n) is 5.87. The van der Waals surface area contributed by atoms with Crippen molar-refractivity contribution < 1.29 is 0 Å². The maximum atomic E-state index is 4.42. The summed E-state index contributed by atoms with van der Waals surface area (Å²) in [6, 6.07) is 0. The number of anilines is 1. The smallest absolute Gasteiger partial charge is 0.151 e. The van der Waals surface area contributed by atoms with Crippen molar-refractivity contribution in [2.24, 2.45) is 7.05 Å². The summed E-state index contributed by atoms with van der Waals surface area (Å²) in [4.78, 5) is 0. The molecular formula is C12H20ClN5. The van der Waals surface area contributed by atoms with E-state index >= 15 is 0 Å². The second kappa shape index (κ2) is 5.91. The Morgan fingerprint density at radius 1 is 1.22 bits per heavy atom. The SMILES string of the molecule is CCn1cc(CNc2nn(C)cc2C)c(C)n1.Cl. The molecule has 1 N–H and O–H groups in total. The molecule has 18 heavy (non-hydrogen) atoms. The van der Waals surface area contributed by atoms with Gasteiger partial charge < -0.3 is 5.32 Å². The normalized spacial score (nSPS) is 10.2. The number of aromatic nitrogens is 4. The van der Waals surface area contributed by atoms with Gasteiger partial charge in [-0.25, -0.2) is 0 Å². The second-order valence-electron chi connectivity index (χ2n) is 4.28. The van der Waals surface area contributed by atoms with Crippen LogP contribution in [0.5, 0.6) is 0 Å². The zero-order valence-electron chi connectivity index (χ0n) is 11.3. The van der Waals surface area contributed by atoms with E-state index in [-0.39, 0.29) is 12.4 Å². The van der Waals surface area contributed by atoms with Gasteiger partial charge in [0.25, 0.3) is 0 Å². The maximum absolute atomic E-state index is 4.42. The average Bonchev–Trinajstić information content (AvgIpc) is 2.79. The van der Waals surface area contributed by atoms with Crippen LogP contribution in [0.3, 0.4) is 0 Å². The first-order chi connectivity index (χ1) is 8.10. The standard InChI is InChI=1S/C12H19N5.ClH/c1-5-17-8-11(10(3)14-17)6-13-12-9(2)7-16(4)15-12;/h7-8H,5-6H2,1-4H3,(H,13,15);1H. The Balaban J connectivity index is 0.00000162. The Hall–Kier alpha value is -1.49. The van der Waals surface area contributed by atoms with Gasteiger partial charge >= 0.3 is 0 Å².